The minimum Gasteiger partial charge on any atom is -0.550 e. The molecule has 0 atom stereocenters. The summed E-state index contributed by atoms with van der Waals surface area (Å²) in [4.78, 5) is 26.7. The Labute approximate surface area is 119 Å². The molecule has 0 aromatic rings. The van der Waals surface area contributed by atoms with Gasteiger partial charge in [0.15, 0.2) is 0 Å². The summed E-state index contributed by atoms with van der Waals surface area (Å²) in [7, 11) is 0. The zero-order chi connectivity index (χ0) is 13.4. The second-order valence-electron chi connectivity index (χ2n) is 1.79. The van der Waals surface area contributed by atoms with E-state index in [2.05, 4.69) is 0 Å². The van der Waals surface area contributed by atoms with Crippen LogP contribution in [0.2, 0.25) is 0 Å². The third kappa shape index (κ3) is 7570. The van der Waals surface area contributed by atoms with E-state index in [-0.39, 0.29) is 39.3 Å². The minimum atomic E-state index is -1.08. The van der Waals surface area contributed by atoms with Crippen LogP contribution in [0, 0.1) is 0 Å². The Kier molecular flexibility index (Phi) is 54.1. The molecule has 0 radical (unpaired) electrons. The van der Waals surface area contributed by atoms with E-state index >= 15 is 0 Å². The first-order valence-corrected chi connectivity index (χ1v) is 3.75. The van der Waals surface area contributed by atoms with Gasteiger partial charge in [0, 0.05) is 24.5 Å². The average molecular weight is 312 g/mol. The Hall–Kier alpha value is -0.526. The normalized spacial score (nSPS) is 5.81. The van der Waals surface area contributed by atoms with Gasteiger partial charge in [0.05, 0.1) is 0 Å². The van der Waals surface area contributed by atoms with Crippen LogP contribution in [0.25, 0.3) is 0 Å². The summed E-state index contributed by atoms with van der Waals surface area (Å²) in [6.45, 7) is 4.85. The van der Waals surface area contributed by atoms with Crippen LogP contribution < -0.4 is 15.3 Å². The van der Waals surface area contributed by atoms with Crippen molar-refractivity contribution in [1.29, 1.82) is 0 Å². The largest absolute Gasteiger partial charge is 3.00 e. The number of rotatable bonds is 0. The number of aliphatic hydroxyl groups is 1. The van der Waals surface area contributed by atoms with Crippen molar-refractivity contribution in [3.05, 3.63) is 0 Å². The number of carboxylic acid groups (broad SMARTS) is 3. The van der Waals surface area contributed by atoms with Gasteiger partial charge >= 0.3 is 32.7 Å². The molecule has 0 aliphatic carbocycles. The molecule has 0 rings (SSSR count). The molecule has 7 nitrogen and oxygen atoms in total. The Bertz CT molecular complexity index is 129. The summed E-state index contributed by atoms with van der Waals surface area (Å²) in [5, 5.41) is 34.2. The smallest absolute Gasteiger partial charge is 0.550 e. The van der Waals surface area contributed by atoms with E-state index in [1.807, 2.05) is 0 Å². The monoisotopic (exact) mass is 312 g/mol. The first-order valence-electron chi connectivity index (χ1n) is 3.75. The van der Waals surface area contributed by atoms with Crippen molar-refractivity contribution >= 4 is 17.9 Å². The summed E-state index contributed by atoms with van der Waals surface area (Å²) < 4.78 is 0. The maximum atomic E-state index is 8.89. The molecule has 16 heavy (non-hydrogen) atoms. The summed E-state index contributed by atoms with van der Waals surface area (Å²) in [6, 6.07) is 0. The fraction of sp³-hybridized carbons (Fsp3) is 0.625. The SMILES string of the molecule is CC(=O)[O-].CC(=O)[O-].CC(=O)[O-].CCO.[Y+3]. The van der Waals surface area contributed by atoms with Crippen LogP contribution >= 0.6 is 0 Å². The molecule has 0 spiro atoms. The Morgan fingerprint density at radius 3 is 0.875 bits per heavy atom. The third-order valence-electron chi connectivity index (χ3n) is 0. The first kappa shape index (κ1) is 29.5. The topological polar surface area (TPSA) is 141 Å². The van der Waals surface area contributed by atoms with Crippen LogP contribution in [0.5, 0.6) is 0 Å². The summed E-state index contributed by atoms with van der Waals surface area (Å²) in [5.41, 5.74) is 0. The predicted molar refractivity (Wildman–Crippen MR) is 44.8 cm³/mol. The maximum absolute atomic E-state index is 8.89. The number of carboxylic acids is 3. The second-order valence-corrected chi connectivity index (χ2v) is 1.79. The van der Waals surface area contributed by atoms with E-state index in [0.29, 0.717) is 0 Å². The number of hydrogen-bond acceptors (Lipinski definition) is 7. The molecule has 0 fully saturated rings. The Morgan fingerprint density at radius 1 is 0.875 bits per heavy atom. The van der Waals surface area contributed by atoms with E-state index in [0.717, 1.165) is 20.8 Å². The van der Waals surface area contributed by atoms with Crippen molar-refractivity contribution in [1.82, 2.24) is 0 Å². The van der Waals surface area contributed by atoms with Crippen LogP contribution in [0.4, 0.5) is 0 Å². The van der Waals surface area contributed by atoms with Gasteiger partial charge in [0.25, 0.3) is 0 Å². The molecule has 0 saturated carbocycles. The van der Waals surface area contributed by atoms with Crippen molar-refractivity contribution in [3.8, 4) is 0 Å². The van der Waals surface area contributed by atoms with Gasteiger partial charge in [-0.3, -0.25) is 0 Å². The maximum Gasteiger partial charge on any atom is 3.00 e. The Morgan fingerprint density at radius 2 is 0.875 bits per heavy atom. The minimum absolute atomic E-state index is 0. The molecule has 0 aliphatic rings. The third-order valence-corrected chi connectivity index (χ3v) is 0. The van der Waals surface area contributed by atoms with Crippen molar-refractivity contribution in [2.75, 3.05) is 6.61 Å². The van der Waals surface area contributed by atoms with Crippen molar-refractivity contribution in [2.24, 2.45) is 0 Å². The summed E-state index contributed by atoms with van der Waals surface area (Å²) >= 11 is 0. The van der Waals surface area contributed by atoms with E-state index in [1.54, 1.807) is 6.92 Å². The van der Waals surface area contributed by atoms with Gasteiger partial charge in [-0.15, -0.1) is 0 Å². The fourth-order valence-electron chi connectivity index (χ4n) is 0. The van der Waals surface area contributed by atoms with Gasteiger partial charge < -0.3 is 34.8 Å². The zero-order valence-electron chi connectivity index (χ0n) is 9.68. The predicted octanol–water partition coefficient (Wildman–Crippen LogP) is -3.74. The van der Waals surface area contributed by atoms with E-state index in [9.17, 15) is 0 Å². The van der Waals surface area contributed by atoms with Crippen LogP contribution in [0.1, 0.15) is 27.7 Å². The van der Waals surface area contributed by atoms with E-state index in [1.165, 1.54) is 0 Å². The summed E-state index contributed by atoms with van der Waals surface area (Å²) in [5.74, 6) is -3.25. The first-order chi connectivity index (χ1) is 6.61. The van der Waals surface area contributed by atoms with Crippen molar-refractivity contribution < 1.29 is 67.5 Å². The molecule has 1 N–H and O–H groups in total. The van der Waals surface area contributed by atoms with E-state index < -0.39 is 17.9 Å². The van der Waals surface area contributed by atoms with Crippen LogP contribution in [0.3, 0.4) is 0 Å². The van der Waals surface area contributed by atoms with Crippen LogP contribution in [-0.4, -0.2) is 29.6 Å². The second kappa shape index (κ2) is 29.3. The molecule has 0 saturated heterocycles. The molecule has 0 aliphatic heterocycles. The van der Waals surface area contributed by atoms with Gasteiger partial charge in [-0.05, 0) is 27.7 Å². The number of carbonyl (C=O) groups is 3. The molecule has 0 bridgehead atoms. The van der Waals surface area contributed by atoms with Crippen LogP contribution in [-0.2, 0) is 47.1 Å². The number of hydrogen-bond donors (Lipinski definition) is 1. The molecule has 0 aromatic carbocycles. The number of aliphatic carboxylic acids is 3. The van der Waals surface area contributed by atoms with Crippen molar-refractivity contribution in [2.45, 2.75) is 27.7 Å². The van der Waals surface area contributed by atoms with Gasteiger partial charge in [-0.1, -0.05) is 0 Å². The van der Waals surface area contributed by atoms with Gasteiger partial charge in [-0.25, -0.2) is 0 Å². The molecule has 92 valence electrons. The fourth-order valence-corrected chi connectivity index (χ4v) is 0. The molecule has 8 heteroatoms. The number of aliphatic hydroxyl groups excluding tert-OH is 1. The standard InChI is InChI=1S/3C2H4O2.C2H6O.Y/c3*1-2(3)4;1-2-3;/h3*1H3,(H,3,4);3H,2H2,1H3;/q;;;;+3/p-3. The molecule has 0 aromatic heterocycles. The molecular formula is C8H15O7Y. The van der Waals surface area contributed by atoms with Gasteiger partial charge in [-0.2, -0.15) is 0 Å². The molecule has 0 unspecified atom stereocenters. The molecule has 0 amide bonds. The Balaban J connectivity index is -0.0000000331. The molecule has 0 heterocycles. The average Bonchev–Trinajstić information content (AvgIpc) is 1.81. The van der Waals surface area contributed by atoms with Crippen LogP contribution in [0.15, 0.2) is 0 Å². The zero-order valence-corrected chi connectivity index (χ0v) is 12.5. The summed E-state index contributed by atoms with van der Waals surface area (Å²) in [6.07, 6.45) is 0. The quantitative estimate of drug-likeness (QED) is 0.484. The number of carbonyl (C=O) groups excluding carboxylic acids is 3. The van der Waals surface area contributed by atoms with E-state index in [4.69, 9.17) is 34.8 Å². The molecular weight excluding hydrogens is 297 g/mol. The van der Waals surface area contributed by atoms with Gasteiger partial charge in [0.1, 0.15) is 0 Å². The van der Waals surface area contributed by atoms with Crippen molar-refractivity contribution in [3.63, 3.8) is 0 Å². The van der Waals surface area contributed by atoms with Gasteiger partial charge in [0.2, 0.25) is 0 Å².